The van der Waals surface area contributed by atoms with Crippen LogP contribution in [-0.4, -0.2) is 70.3 Å². The maximum Gasteiger partial charge on any atom is 0.251 e. The molecule has 0 bridgehead atoms. The molecule has 1 saturated heterocycles. The van der Waals surface area contributed by atoms with Crippen molar-refractivity contribution in [2.45, 2.75) is 24.5 Å². The van der Waals surface area contributed by atoms with Gasteiger partial charge in [0.1, 0.15) is 36.6 Å². The highest BCUT2D eigenvalue weighted by Crippen LogP contribution is 2.34. The largest absolute Gasteiger partial charge is 0.394 e. The van der Waals surface area contributed by atoms with Gasteiger partial charge in [-0.2, -0.15) is 5.10 Å². The highest BCUT2D eigenvalue weighted by atomic mass is 16.6. The lowest BCUT2D eigenvalue weighted by molar-refractivity contribution is -0.0508. The van der Waals surface area contributed by atoms with E-state index in [9.17, 15) is 20.1 Å². The van der Waals surface area contributed by atoms with Crippen LogP contribution in [0.25, 0.3) is 16.7 Å². The van der Waals surface area contributed by atoms with Gasteiger partial charge in [0, 0.05) is 6.20 Å². The Kier molecular flexibility index (Phi) is 3.25. The van der Waals surface area contributed by atoms with Gasteiger partial charge in [0.05, 0.1) is 17.6 Å². The number of fused-ring (bicyclic) bond motifs is 3. The molecule has 3 aromatic heterocycles. The summed E-state index contributed by atoms with van der Waals surface area (Å²) >= 11 is 0. The van der Waals surface area contributed by atoms with Crippen molar-refractivity contribution in [3.63, 3.8) is 0 Å². The van der Waals surface area contributed by atoms with Gasteiger partial charge in [-0.05, 0) is 0 Å². The lowest BCUT2D eigenvalue weighted by atomic mass is 10.1. The molecule has 126 valence electrons. The summed E-state index contributed by atoms with van der Waals surface area (Å²) in [4.78, 5) is 20.1. The molecule has 0 radical (unpaired) electrons. The van der Waals surface area contributed by atoms with Gasteiger partial charge >= 0.3 is 0 Å². The van der Waals surface area contributed by atoms with Crippen molar-refractivity contribution >= 4 is 22.6 Å². The number of aliphatic hydroxyl groups excluding tert-OH is 3. The highest BCUT2D eigenvalue weighted by Gasteiger charge is 2.44. The Hall–Kier alpha value is -2.60. The molecule has 0 spiro atoms. The van der Waals surface area contributed by atoms with Crippen LogP contribution < -0.4 is 5.73 Å². The Balaban J connectivity index is 1.95. The van der Waals surface area contributed by atoms with E-state index in [0.29, 0.717) is 16.7 Å². The normalized spacial score (nSPS) is 27.3. The van der Waals surface area contributed by atoms with Gasteiger partial charge in [-0.3, -0.25) is 4.79 Å². The van der Waals surface area contributed by atoms with E-state index in [4.69, 9.17) is 10.5 Å². The van der Waals surface area contributed by atoms with Crippen LogP contribution in [0.2, 0.25) is 0 Å². The van der Waals surface area contributed by atoms with Crippen LogP contribution in [0.1, 0.15) is 16.6 Å². The zero-order valence-corrected chi connectivity index (χ0v) is 12.2. The molecule has 5 N–H and O–H groups in total. The van der Waals surface area contributed by atoms with Gasteiger partial charge in [0.15, 0.2) is 11.9 Å². The number of nitrogens with two attached hydrogens (primary N) is 1. The molecule has 11 nitrogen and oxygen atoms in total. The molecule has 4 atom stereocenters. The summed E-state index contributed by atoms with van der Waals surface area (Å²) in [7, 11) is 0. The Morgan fingerprint density at radius 1 is 1.29 bits per heavy atom. The van der Waals surface area contributed by atoms with Gasteiger partial charge in [0.2, 0.25) is 0 Å². The Labute approximate surface area is 133 Å². The quantitative estimate of drug-likeness (QED) is 0.419. The first-order chi connectivity index (χ1) is 11.5. The average Bonchev–Trinajstić information content (AvgIpc) is 3.24. The molecule has 1 aliphatic heterocycles. The first-order valence-corrected chi connectivity index (χ1v) is 7.14. The van der Waals surface area contributed by atoms with E-state index in [-0.39, 0.29) is 5.56 Å². The van der Waals surface area contributed by atoms with Crippen molar-refractivity contribution in [3.05, 3.63) is 24.4 Å². The molecule has 3 aromatic rings. The van der Waals surface area contributed by atoms with Crippen LogP contribution in [-0.2, 0) is 4.74 Å². The van der Waals surface area contributed by atoms with E-state index < -0.39 is 37.1 Å². The average molecular weight is 334 g/mol. The number of carbonyl (C=O) groups excluding carboxylic acids is 1. The summed E-state index contributed by atoms with van der Waals surface area (Å²) in [5.74, 6) is -0.705. The molecule has 4 heterocycles. The van der Waals surface area contributed by atoms with Crippen LogP contribution in [0.5, 0.6) is 0 Å². The Bertz CT molecular complexity index is 936. The smallest absolute Gasteiger partial charge is 0.251 e. The second kappa shape index (κ2) is 5.21. The summed E-state index contributed by atoms with van der Waals surface area (Å²) in [5, 5.41) is 33.7. The van der Waals surface area contributed by atoms with Crippen molar-refractivity contribution in [2.24, 2.45) is 5.73 Å². The topological polar surface area (TPSA) is 161 Å². The number of carbonyl (C=O) groups is 1. The maximum absolute atomic E-state index is 11.8. The van der Waals surface area contributed by atoms with Crippen LogP contribution in [0.15, 0.2) is 18.9 Å². The standard InChI is InChI=1S/C13H14N6O5/c14-10(23)5-1-18(13-9(22)8(21)6(2-20)24-13)11-7(5)12-15-3-17-19(12)4-16-11/h1,3-4,6,8-9,13,20-22H,2H2,(H2,14,23). The molecule has 4 unspecified atom stereocenters. The number of hydrogen-bond acceptors (Lipinski definition) is 8. The number of aliphatic hydroxyl groups is 3. The number of hydrogen-bond donors (Lipinski definition) is 4. The first-order valence-electron chi connectivity index (χ1n) is 7.14. The summed E-state index contributed by atoms with van der Waals surface area (Å²) < 4.78 is 8.28. The van der Waals surface area contributed by atoms with Crippen LogP contribution in [0.3, 0.4) is 0 Å². The molecule has 24 heavy (non-hydrogen) atoms. The SMILES string of the molecule is NC(=O)c1cn(C2OC(CO)C(O)C2O)c2ncn3ncnc3c12. The van der Waals surface area contributed by atoms with Gasteiger partial charge in [0.25, 0.3) is 5.91 Å². The Morgan fingerprint density at radius 2 is 2.08 bits per heavy atom. The number of nitrogens with zero attached hydrogens (tertiary/aromatic N) is 5. The van der Waals surface area contributed by atoms with E-state index in [0.717, 1.165) is 0 Å². The van der Waals surface area contributed by atoms with Crippen LogP contribution in [0.4, 0.5) is 0 Å². The van der Waals surface area contributed by atoms with Gasteiger partial charge in [-0.25, -0.2) is 14.5 Å². The van der Waals surface area contributed by atoms with E-state index in [1.807, 2.05) is 0 Å². The lowest BCUT2D eigenvalue weighted by Gasteiger charge is -2.17. The fourth-order valence-corrected chi connectivity index (χ4v) is 2.98. The van der Waals surface area contributed by atoms with Crippen molar-refractivity contribution in [1.82, 2.24) is 24.1 Å². The van der Waals surface area contributed by atoms with Gasteiger partial charge < -0.3 is 30.4 Å². The predicted molar refractivity (Wildman–Crippen MR) is 77.8 cm³/mol. The van der Waals surface area contributed by atoms with E-state index >= 15 is 0 Å². The fourth-order valence-electron chi connectivity index (χ4n) is 2.98. The predicted octanol–water partition coefficient (Wildman–Crippen LogP) is -2.21. The van der Waals surface area contributed by atoms with Crippen LogP contribution in [0, 0.1) is 0 Å². The molecule has 4 rings (SSSR count). The van der Waals surface area contributed by atoms with Crippen molar-refractivity contribution < 1.29 is 24.9 Å². The van der Waals surface area contributed by atoms with Gasteiger partial charge in [-0.1, -0.05) is 0 Å². The minimum absolute atomic E-state index is 0.133. The van der Waals surface area contributed by atoms with E-state index in [1.165, 1.54) is 27.9 Å². The highest BCUT2D eigenvalue weighted by molar-refractivity contribution is 6.10. The number of amides is 1. The van der Waals surface area contributed by atoms with Gasteiger partial charge in [-0.15, -0.1) is 0 Å². The number of rotatable bonds is 3. The molecule has 0 saturated carbocycles. The minimum Gasteiger partial charge on any atom is -0.394 e. The minimum atomic E-state index is -1.31. The zero-order valence-electron chi connectivity index (χ0n) is 12.2. The third-order valence-corrected chi connectivity index (χ3v) is 4.15. The third kappa shape index (κ3) is 1.93. The van der Waals surface area contributed by atoms with Crippen molar-refractivity contribution in [1.29, 1.82) is 0 Å². The van der Waals surface area contributed by atoms with Crippen molar-refractivity contribution in [3.8, 4) is 0 Å². The van der Waals surface area contributed by atoms with Crippen molar-refractivity contribution in [2.75, 3.05) is 6.61 Å². The fraction of sp³-hybridized carbons (Fsp3) is 0.385. The molecule has 0 aliphatic carbocycles. The molecule has 11 heteroatoms. The van der Waals surface area contributed by atoms with Crippen LogP contribution >= 0.6 is 0 Å². The second-order valence-corrected chi connectivity index (χ2v) is 5.51. The third-order valence-electron chi connectivity index (χ3n) is 4.15. The molecular weight excluding hydrogens is 320 g/mol. The van der Waals surface area contributed by atoms with E-state index in [1.54, 1.807) is 0 Å². The number of primary amides is 1. The molecule has 0 aromatic carbocycles. The molecule has 1 aliphatic rings. The zero-order chi connectivity index (χ0) is 17.0. The number of ether oxygens (including phenoxy) is 1. The monoisotopic (exact) mass is 334 g/mol. The summed E-state index contributed by atoms with van der Waals surface area (Å²) in [5.41, 5.74) is 6.24. The summed E-state index contributed by atoms with van der Waals surface area (Å²) in [6, 6.07) is 0. The number of aromatic nitrogens is 5. The van der Waals surface area contributed by atoms with E-state index in [2.05, 4.69) is 15.1 Å². The first kappa shape index (κ1) is 15.0. The molecule has 1 amide bonds. The lowest BCUT2D eigenvalue weighted by Crippen LogP contribution is -2.33. The Morgan fingerprint density at radius 3 is 2.75 bits per heavy atom. The molecular formula is C13H14N6O5. The molecule has 1 fully saturated rings. The maximum atomic E-state index is 11.8. The summed E-state index contributed by atoms with van der Waals surface area (Å²) in [6.07, 6.45) is -0.476. The summed E-state index contributed by atoms with van der Waals surface area (Å²) in [6.45, 7) is -0.460. The second-order valence-electron chi connectivity index (χ2n) is 5.51.